The number of hydrogen-bond acceptors (Lipinski definition) is 10. The van der Waals surface area contributed by atoms with Crippen LogP contribution in [-0.2, 0) is 28.9 Å². The number of anilines is 5. The van der Waals surface area contributed by atoms with E-state index in [4.69, 9.17) is 4.74 Å². The van der Waals surface area contributed by atoms with Crippen LogP contribution in [0.4, 0.5) is 46.1 Å². The number of halogens is 4. The summed E-state index contributed by atoms with van der Waals surface area (Å²) in [5.74, 6) is -1.78. The van der Waals surface area contributed by atoms with Gasteiger partial charge in [-0.15, -0.1) is 0 Å². The van der Waals surface area contributed by atoms with Crippen molar-refractivity contribution in [1.82, 2.24) is 25.4 Å². The number of alkyl halides is 3. The molecule has 1 atom stereocenters. The van der Waals surface area contributed by atoms with Gasteiger partial charge in [-0.05, 0) is 36.8 Å². The molecule has 2 fully saturated rings. The zero-order chi connectivity index (χ0) is 39.7. The van der Waals surface area contributed by atoms with Crippen molar-refractivity contribution in [3.63, 3.8) is 0 Å². The molecule has 13 nitrogen and oxygen atoms in total. The molecule has 292 valence electrons. The Morgan fingerprint density at radius 2 is 1.73 bits per heavy atom. The van der Waals surface area contributed by atoms with Crippen LogP contribution in [0.1, 0.15) is 50.2 Å². The Morgan fingerprint density at radius 3 is 2.45 bits per heavy atom. The van der Waals surface area contributed by atoms with Crippen LogP contribution in [0.15, 0.2) is 66.9 Å². The van der Waals surface area contributed by atoms with Crippen molar-refractivity contribution in [2.24, 2.45) is 0 Å². The summed E-state index contributed by atoms with van der Waals surface area (Å²) in [5.41, 5.74) is 1.26. The first-order valence-electron chi connectivity index (χ1n) is 17.9. The van der Waals surface area contributed by atoms with Gasteiger partial charge < -0.3 is 30.5 Å². The van der Waals surface area contributed by atoms with E-state index in [0.717, 1.165) is 11.9 Å². The maximum Gasteiger partial charge on any atom is 0.419 e. The lowest BCUT2D eigenvalue weighted by Gasteiger charge is -2.36. The number of para-hydroxylation sites is 1. The van der Waals surface area contributed by atoms with Crippen LogP contribution >= 0.6 is 0 Å². The summed E-state index contributed by atoms with van der Waals surface area (Å²) < 4.78 is 63.5. The summed E-state index contributed by atoms with van der Waals surface area (Å²) in [6, 6.07) is 15.2. The van der Waals surface area contributed by atoms with E-state index in [1.54, 1.807) is 30.3 Å². The molecule has 3 aliphatic rings. The van der Waals surface area contributed by atoms with Crippen LogP contribution in [0, 0.1) is 5.82 Å². The van der Waals surface area contributed by atoms with Crippen LogP contribution in [0.2, 0.25) is 0 Å². The number of benzene rings is 3. The molecule has 4 amide bonds. The van der Waals surface area contributed by atoms with Crippen LogP contribution in [0.25, 0.3) is 0 Å². The topological polar surface area (TPSA) is 148 Å². The highest BCUT2D eigenvalue weighted by atomic mass is 19.4. The number of imide groups is 1. The van der Waals surface area contributed by atoms with E-state index in [0.29, 0.717) is 49.7 Å². The molecule has 56 heavy (non-hydrogen) atoms. The lowest BCUT2D eigenvalue weighted by Crippen LogP contribution is -2.52. The van der Waals surface area contributed by atoms with E-state index in [1.165, 1.54) is 37.3 Å². The molecule has 0 spiro atoms. The highest BCUT2D eigenvalue weighted by molar-refractivity contribution is 6.05. The Labute approximate surface area is 319 Å². The van der Waals surface area contributed by atoms with Gasteiger partial charge in [0.15, 0.2) is 0 Å². The van der Waals surface area contributed by atoms with E-state index >= 15 is 4.39 Å². The van der Waals surface area contributed by atoms with E-state index in [-0.39, 0.29) is 53.3 Å². The normalized spacial score (nSPS) is 17.4. The lowest BCUT2D eigenvalue weighted by molar-refractivity contribution is -0.138. The molecule has 0 radical (unpaired) electrons. The van der Waals surface area contributed by atoms with Gasteiger partial charge in [-0.25, -0.2) is 9.37 Å². The SMILES string of the molecule is CNC(=O)c1ccccc1Nc1cc(Nc2ccc(N3CCN(Cc4ccc5c(c4F)CN(C4CCC(=O)NC4=O)C5=O)CC3)cc2OC)ncc1C(F)(F)F. The van der Waals surface area contributed by atoms with E-state index in [2.05, 4.69) is 36.1 Å². The summed E-state index contributed by atoms with van der Waals surface area (Å²) >= 11 is 0. The van der Waals surface area contributed by atoms with Crippen molar-refractivity contribution in [2.75, 3.05) is 55.9 Å². The third kappa shape index (κ3) is 7.66. The fourth-order valence-electron chi connectivity index (χ4n) is 7.22. The molecule has 4 N–H and O–H groups in total. The molecule has 4 aromatic rings. The third-order valence-electron chi connectivity index (χ3n) is 10.2. The Kier molecular flexibility index (Phi) is 10.5. The van der Waals surface area contributed by atoms with E-state index in [9.17, 15) is 32.3 Å². The number of nitrogens with one attached hydrogen (secondary N) is 4. The summed E-state index contributed by atoms with van der Waals surface area (Å²) in [6.45, 7) is 2.71. The van der Waals surface area contributed by atoms with Crippen LogP contribution < -0.4 is 30.9 Å². The van der Waals surface area contributed by atoms with Crippen LogP contribution in [0.3, 0.4) is 0 Å². The van der Waals surface area contributed by atoms with Crippen molar-refractivity contribution in [3.8, 4) is 5.75 Å². The van der Waals surface area contributed by atoms with Gasteiger partial charge in [-0.1, -0.05) is 18.2 Å². The van der Waals surface area contributed by atoms with E-state index < -0.39 is 47.2 Å². The monoisotopic (exact) mass is 774 g/mol. The lowest BCUT2D eigenvalue weighted by atomic mass is 10.0. The molecule has 0 bridgehead atoms. The number of methoxy groups -OCH3 is 1. The standard InChI is InChI=1S/C39H38F4N8O5/c1-44-36(53)25-5-3-4-6-28(25)46-30-18-33(45-19-27(30)39(41,42)43)47-29-10-8-23(17-32(29)56-2)50-15-13-49(14-16-50)20-22-7-9-24-26(35(22)40)21-51(38(24)55)31-11-12-34(52)48-37(31)54/h3-10,17-19,31H,11-16,20-21H2,1-2H3,(H,44,53)(H2,45,46,47)(H,48,52,54). The number of rotatable bonds is 10. The van der Waals surface area contributed by atoms with Gasteiger partial charge in [0.25, 0.3) is 11.8 Å². The predicted octanol–water partition coefficient (Wildman–Crippen LogP) is 5.18. The number of fused-ring (bicyclic) bond motifs is 1. The maximum absolute atomic E-state index is 15.8. The number of carbonyl (C=O) groups excluding carboxylic acids is 4. The fraction of sp³-hybridized carbons (Fsp3) is 0.308. The maximum atomic E-state index is 15.8. The van der Waals surface area contributed by atoms with Gasteiger partial charge in [-0.3, -0.25) is 29.4 Å². The third-order valence-corrected chi connectivity index (χ3v) is 10.2. The number of piperidine rings is 1. The molecular formula is C39H38F4N8O5. The molecule has 4 heterocycles. The molecule has 0 aliphatic carbocycles. The number of pyridine rings is 1. The first kappa shape index (κ1) is 38.1. The molecule has 17 heteroatoms. The van der Waals surface area contributed by atoms with Gasteiger partial charge in [-0.2, -0.15) is 13.2 Å². The molecule has 1 aromatic heterocycles. The van der Waals surface area contributed by atoms with Crippen molar-refractivity contribution < 1.29 is 41.5 Å². The average molecular weight is 775 g/mol. The Morgan fingerprint density at radius 1 is 0.964 bits per heavy atom. The van der Waals surface area contributed by atoms with Crippen molar-refractivity contribution in [1.29, 1.82) is 0 Å². The van der Waals surface area contributed by atoms with E-state index in [1.807, 2.05) is 12.1 Å². The Hall–Kier alpha value is -6.23. The van der Waals surface area contributed by atoms with Crippen molar-refractivity contribution in [3.05, 3.63) is 100 Å². The Balaban J connectivity index is 1.01. The first-order chi connectivity index (χ1) is 26.8. The smallest absolute Gasteiger partial charge is 0.419 e. The largest absolute Gasteiger partial charge is 0.494 e. The highest BCUT2D eigenvalue weighted by Crippen LogP contribution is 2.39. The second-order valence-corrected chi connectivity index (χ2v) is 13.6. The van der Waals surface area contributed by atoms with Gasteiger partial charge in [0.2, 0.25) is 11.8 Å². The zero-order valence-corrected chi connectivity index (χ0v) is 30.4. The van der Waals surface area contributed by atoms with Gasteiger partial charge in [0.05, 0.1) is 41.8 Å². The summed E-state index contributed by atoms with van der Waals surface area (Å²) in [6.07, 6.45) is -3.70. The molecule has 3 aliphatic heterocycles. The molecule has 3 aromatic carbocycles. The molecule has 1 unspecified atom stereocenters. The fourth-order valence-corrected chi connectivity index (χ4v) is 7.22. The first-order valence-corrected chi connectivity index (χ1v) is 17.9. The molecule has 7 rings (SSSR count). The van der Waals surface area contributed by atoms with Gasteiger partial charge in [0, 0.05) is 86.9 Å². The minimum absolute atomic E-state index is 0.0405. The van der Waals surface area contributed by atoms with Gasteiger partial charge in [0.1, 0.15) is 23.4 Å². The molecule has 0 saturated carbocycles. The minimum atomic E-state index is -4.73. The number of hydrogen-bond donors (Lipinski definition) is 4. The summed E-state index contributed by atoms with van der Waals surface area (Å²) in [4.78, 5) is 59.0. The van der Waals surface area contributed by atoms with Crippen molar-refractivity contribution >= 4 is 52.2 Å². The number of nitrogens with zero attached hydrogens (tertiary/aromatic N) is 4. The number of carbonyl (C=O) groups is 4. The second-order valence-electron chi connectivity index (χ2n) is 13.6. The summed E-state index contributed by atoms with van der Waals surface area (Å²) in [7, 11) is 2.91. The quantitative estimate of drug-likeness (QED) is 0.126. The molecular weight excluding hydrogens is 736 g/mol. The summed E-state index contributed by atoms with van der Waals surface area (Å²) in [5, 5.41) is 10.6. The number of piperazine rings is 1. The van der Waals surface area contributed by atoms with Crippen LogP contribution in [0.5, 0.6) is 5.75 Å². The number of ether oxygens (including phenoxy) is 1. The highest BCUT2D eigenvalue weighted by Gasteiger charge is 2.41. The molecule has 2 saturated heterocycles. The number of aromatic nitrogens is 1. The van der Waals surface area contributed by atoms with Gasteiger partial charge >= 0.3 is 6.18 Å². The van der Waals surface area contributed by atoms with Crippen molar-refractivity contribution in [2.45, 2.75) is 38.1 Å². The zero-order valence-electron chi connectivity index (χ0n) is 30.4. The minimum Gasteiger partial charge on any atom is -0.494 e. The predicted molar refractivity (Wildman–Crippen MR) is 199 cm³/mol. The van der Waals surface area contributed by atoms with Crippen LogP contribution in [-0.4, -0.2) is 84.8 Å². The average Bonchev–Trinajstić information content (AvgIpc) is 3.52. The Bertz CT molecular complexity index is 2210. The number of amides is 4. The second kappa shape index (κ2) is 15.5.